The molecule has 0 spiro atoms. The van der Waals surface area contributed by atoms with Gasteiger partial charge in [0.05, 0.1) is 6.26 Å². The molecule has 3 aromatic rings. The number of carbonyl (C=O) groups excluding carboxylic acids is 1. The summed E-state index contributed by atoms with van der Waals surface area (Å²) in [5.74, 6) is 1.18. The second-order valence-electron chi connectivity index (χ2n) is 4.36. The van der Waals surface area contributed by atoms with Gasteiger partial charge in [-0.1, -0.05) is 12.1 Å². The Kier molecular flexibility index (Phi) is 3.64. The molecule has 0 fully saturated rings. The Bertz CT molecular complexity index is 744. The molecule has 1 aromatic carbocycles. The maximum atomic E-state index is 11.8. The molecular weight excluding hydrogens is 266 g/mol. The summed E-state index contributed by atoms with van der Waals surface area (Å²) in [6, 6.07) is 11.0. The van der Waals surface area contributed by atoms with Gasteiger partial charge in [0.2, 0.25) is 5.91 Å². The number of rotatable bonds is 4. The fraction of sp³-hybridized carbons (Fsp3) is 0. The number of hydrogen-bond acceptors (Lipinski definition) is 3. The average Bonchev–Trinajstić information content (AvgIpc) is 3.19. The predicted molar refractivity (Wildman–Crippen MR) is 80.4 cm³/mol. The number of aromatic amines is 1. The van der Waals surface area contributed by atoms with E-state index in [1.807, 2.05) is 24.3 Å². The maximum Gasteiger partial charge on any atom is 0.248 e. The molecule has 2 N–H and O–H groups in total. The number of benzene rings is 1. The van der Waals surface area contributed by atoms with Crippen LogP contribution in [0.4, 0.5) is 5.69 Å². The van der Waals surface area contributed by atoms with Crippen LogP contribution in [0.3, 0.4) is 0 Å². The van der Waals surface area contributed by atoms with E-state index < -0.39 is 0 Å². The molecule has 5 nitrogen and oxygen atoms in total. The largest absolute Gasteiger partial charge is 0.465 e. The summed E-state index contributed by atoms with van der Waals surface area (Å²) >= 11 is 0. The van der Waals surface area contributed by atoms with Crippen LogP contribution >= 0.6 is 0 Å². The van der Waals surface area contributed by atoms with Crippen molar-refractivity contribution in [3.63, 3.8) is 0 Å². The molecule has 1 amide bonds. The highest BCUT2D eigenvalue weighted by molar-refractivity contribution is 6.02. The highest BCUT2D eigenvalue weighted by Gasteiger charge is 2.03. The van der Waals surface area contributed by atoms with Crippen LogP contribution < -0.4 is 5.32 Å². The van der Waals surface area contributed by atoms with Gasteiger partial charge in [0.1, 0.15) is 11.6 Å². The molecule has 21 heavy (non-hydrogen) atoms. The van der Waals surface area contributed by atoms with Crippen LogP contribution in [-0.4, -0.2) is 15.9 Å². The van der Waals surface area contributed by atoms with Crippen LogP contribution in [0.2, 0.25) is 0 Å². The van der Waals surface area contributed by atoms with E-state index in [2.05, 4.69) is 15.3 Å². The van der Waals surface area contributed by atoms with Gasteiger partial charge in [0, 0.05) is 29.7 Å². The van der Waals surface area contributed by atoms with Crippen molar-refractivity contribution in [2.75, 3.05) is 5.32 Å². The fourth-order valence-corrected chi connectivity index (χ4v) is 1.90. The Morgan fingerprint density at radius 3 is 3.00 bits per heavy atom. The molecule has 0 aliphatic rings. The third-order valence-corrected chi connectivity index (χ3v) is 2.84. The highest BCUT2D eigenvalue weighted by Crippen LogP contribution is 2.19. The van der Waals surface area contributed by atoms with E-state index in [1.165, 1.54) is 6.08 Å². The van der Waals surface area contributed by atoms with E-state index in [4.69, 9.17) is 4.42 Å². The van der Waals surface area contributed by atoms with Gasteiger partial charge in [0.15, 0.2) is 0 Å². The summed E-state index contributed by atoms with van der Waals surface area (Å²) < 4.78 is 5.12. The van der Waals surface area contributed by atoms with Gasteiger partial charge >= 0.3 is 0 Å². The van der Waals surface area contributed by atoms with Gasteiger partial charge in [-0.15, -0.1) is 0 Å². The molecular formula is C16H13N3O2. The number of hydrogen-bond donors (Lipinski definition) is 2. The van der Waals surface area contributed by atoms with Crippen LogP contribution in [0.5, 0.6) is 0 Å². The molecule has 0 aliphatic heterocycles. The minimum absolute atomic E-state index is 0.219. The zero-order valence-electron chi connectivity index (χ0n) is 11.1. The number of imidazole rings is 1. The Labute approximate surface area is 121 Å². The van der Waals surface area contributed by atoms with Crippen LogP contribution in [-0.2, 0) is 4.79 Å². The van der Waals surface area contributed by atoms with Gasteiger partial charge in [-0.3, -0.25) is 4.79 Å². The second kappa shape index (κ2) is 5.92. The average molecular weight is 279 g/mol. The molecule has 3 rings (SSSR count). The lowest BCUT2D eigenvalue weighted by atomic mass is 10.2. The number of amides is 1. The number of anilines is 1. The number of aromatic nitrogens is 2. The Hall–Kier alpha value is -3.08. The van der Waals surface area contributed by atoms with E-state index >= 15 is 0 Å². The summed E-state index contributed by atoms with van der Waals surface area (Å²) in [7, 11) is 0. The Morgan fingerprint density at radius 1 is 1.29 bits per heavy atom. The molecule has 0 unspecified atom stereocenters. The van der Waals surface area contributed by atoms with Crippen LogP contribution in [0.15, 0.2) is 65.5 Å². The van der Waals surface area contributed by atoms with E-state index in [0.29, 0.717) is 11.4 Å². The van der Waals surface area contributed by atoms with Crippen molar-refractivity contribution in [1.29, 1.82) is 0 Å². The van der Waals surface area contributed by atoms with Crippen molar-refractivity contribution in [3.05, 3.63) is 66.9 Å². The monoisotopic (exact) mass is 279 g/mol. The van der Waals surface area contributed by atoms with Gasteiger partial charge in [-0.25, -0.2) is 4.98 Å². The van der Waals surface area contributed by atoms with Gasteiger partial charge in [0.25, 0.3) is 0 Å². The summed E-state index contributed by atoms with van der Waals surface area (Å²) in [4.78, 5) is 19.1. The van der Waals surface area contributed by atoms with E-state index in [-0.39, 0.29) is 5.91 Å². The van der Waals surface area contributed by atoms with E-state index in [1.54, 1.807) is 36.9 Å². The zero-order valence-corrected chi connectivity index (χ0v) is 11.1. The third-order valence-electron chi connectivity index (χ3n) is 2.84. The van der Waals surface area contributed by atoms with Gasteiger partial charge < -0.3 is 14.7 Å². The molecule has 0 radical (unpaired) electrons. The van der Waals surface area contributed by atoms with Crippen LogP contribution in [0.25, 0.3) is 17.5 Å². The fourth-order valence-electron chi connectivity index (χ4n) is 1.90. The first-order valence-electron chi connectivity index (χ1n) is 6.44. The summed E-state index contributed by atoms with van der Waals surface area (Å²) in [6.45, 7) is 0. The predicted octanol–water partition coefficient (Wildman–Crippen LogP) is 3.32. The summed E-state index contributed by atoms with van der Waals surface area (Å²) in [6.07, 6.45) is 8.05. The summed E-state index contributed by atoms with van der Waals surface area (Å²) in [5, 5.41) is 2.80. The molecule has 2 aromatic heterocycles. The SMILES string of the molecule is O=C(/C=C/c1ccco1)Nc1cccc(-c2ncc[nH]2)c1. The van der Waals surface area contributed by atoms with Crippen molar-refractivity contribution >= 4 is 17.7 Å². The number of H-pyrrole nitrogens is 1. The number of furan rings is 1. The van der Waals surface area contributed by atoms with E-state index in [9.17, 15) is 4.79 Å². The lowest BCUT2D eigenvalue weighted by molar-refractivity contribution is -0.111. The standard InChI is InChI=1S/C16H13N3O2/c20-15(7-6-14-5-2-10-21-14)19-13-4-1-3-12(11-13)16-17-8-9-18-16/h1-11H,(H,17,18)(H,19,20)/b7-6+. The molecule has 0 atom stereocenters. The molecule has 0 saturated carbocycles. The summed E-state index contributed by atoms with van der Waals surface area (Å²) in [5.41, 5.74) is 1.62. The highest BCUT2D eigenvalue weighted by atomic mass is 16.3. The van der Waals surface area contributed by atoms with Crippen molar-refractivity contribution in [1.82, 2.24) is 9.97 Å². The lowest BCUT2D eigenvalue weighted by Gasteiger charge is -2.04. The molecule has 0 saturated heterocycles. The first kappa shape index (κ1) is 12.9. The topological polar surface area (TPSA) is 70.9 Å². The first-order chi connectivity index (χ1) is 10.3. The molecule has 0 bridgehead atoms. The lowest BCUT2D eigenvalue weighted by Crippen LogP contribution is -2.07. The third kappa shape index (κ3) is 3.27. The van der Waals surface area contributed by atoms with Crippen molar-refractivity contribution in [2.24, 2.45) is 0 Å². The first-order valence-corrected chi connectivity index (χ1v) is 6.44. The zero-order chi connectivity index (χ0) is 14.5. The molecule has 104 valence electrons. The maximum absolute atomic E-state index is 11.8. The van der Waals surface area contributed by atoms with Crippen molar-refractivity contribution in [2.45, 2.75) is 0 Å². The van der Waals surface area contributed by atoms with Crippen molar-refractivity contribution < 1.29 is 9.21 Å². The number of nitrogens with zero attached hydrogens (tertiary/aromatic N) is 1. The minimum Gasteiger partial charge on any atom is -0.465 e. The molecule has 5 heteroatoms. The van der Waals surface area contributed by atoms with Crippen LogP contribution in [0.1, 0.15) is 5.76 Å². The second-order valence-corrected chi connectivity index (χ2v) is 4.36. The molecule has 2 heterocycles. The van der Waals surface area contributed by atoms with E-state index in [0.717, 1.165) is 11.4 Å². The van der Waals surface area contributed by atoms with Gasteiger partial charge in [-0.2, -0.15) is 0 Å². The number of carbonyl (C=O) groups is 1. The smallest absolute Gasteiger partial charge is 0.248 e. The van der Waals surface area contributed by atoms with Crippen LogP contribution in [0, 0.1) is 0 Å². The normalized spacial score (nSPS) is 10.9. The van der Waals surface area contributed by atoms with Crippen molar-refractivity contribution in [3.8, 4) is 11.4 Å². The quantitative estimate of drug-likeness (QED) is 0.720. The molecule has 0 aliphatic carbocycles. The number of nitrogens with one attached hydrogen (secondary N) is 2. The van der Waals surface area contributed by atoms with Gasteiger partial charge in [-0.05, 0) is 30.3 Å². The Morgan fingerprint density at radius 2 is 2.24 bits per heavy atom. The minimum atomic E-state index is -0.219. The Balaban J connectivity index is 1.70.